The average Bonchev–Trinajstić information content (AvgIpc) is 1.54. The zero-order chi connectivity index (χ0) is 76.6. The first-order valence-corrected chi connectivity index (χ1v) is 44.3. The van der Waals surface area contributed by atoms with E-state index in [0.29, 0.717) is 73.1 Å². The van der Waals surface area contributed by atoms with Gasteiger partial charge in [-0.25, -0.2) is 0 Å². The zero-order valence-electron chi connectivity index (χ0n) is 69.8. The van der Waals surface area contributed by atoms with E-state index in [9.17, 15) is 33.6 Å². The Morgan fingerprint density at radius 1 is 0.359 bits per heavy atom. The summed E-state index contributed by atoms with van der Waals surface area (Å²) in [4.78, 5) is 79.1. The van der Waals surface area contributed by atoms with Gasteiger partial charge in [0, 0.05) is 29.6 Å². The SMILES string of the molecule is CC.CC.CC.CC.CC.CC.CC.CC.CC.CC.CC12CCC(OC1=O)C2(C)C.O=C1CCCO1.O=C1OC2CC3CC(C2)CC1C3.O=C1OC2CC3CC1C2C3.O=C1OCC2C3CC(C12)C1C2CCC(C2)C31.O=C1OCC2C3CCC(C3)C12.O=C1OCCC12CC1CC2C2C3CCC(C3)C12. The van der Waals surface area contributed by atoms with Crippen LogP contribution in [0.15, 0.2) is 0 Å². The predicted molar refractivity (Wildman–Crippen MR) is 410 cm³/mol. The summed E-state index contributed by atoms with van der Waals surface area (Å²) >= 11 is 0. The molecule has 0 aromatic rings. The molecule has 8 aliphatic heterocycles. The highest BCUT2D eigenvalue weighted by Crippen LogP contribution is 2.74. The molecule has 594 valence electrons. The minimum absolute atomic E-state index is 0.00366. The molecule has 1 spiro atoms. The van der Waals surface area contributed by atoms with Crippen LogP contribution >= 0.6 is 0 Å². The topological polar surface area (TPSA) is 184 Å². The lowest BCUT2D eigenvalue weighted by molar-refractivity contribution is -0.153. The van der Waals surface area contributed by atoms with Gasteiger partial charge in [-0.15, -0.1) is 0 Å². The number of rotatable bonds is 0. The lowest BCUT2D eigenvalue weighted by atomic mass is 9.60. The molecule has 15 aliphatic carbocycles. The van der Waals surface area contributed by atoms with Gasteiger partial charge in [-0.3, -0.25) is 33.6 Å². The number of carbonyl (C=O) groups is 7. The molecule has 23 aliphatic rings. The number of fused-ring (bicyclic) bond motifs is 31. The van der Waals surface area contributed by atoms with Gasteiger partial charge in [0.05, 0.1) is 60.9 Å². The molecule has 15 saturated carbocycles. The van der Waals surface area contributed by atoms with Crippen molar-refractivity contribution in [2.45, 2.75) is 338 Å². The maximum Gasteiger partial charge on any atom is 0.312 e. The number of cyclic esters (lactones) is 4. The molecule has 0 aromatic heterocycles. The zero-order valence-corrected chi connectivity index (χ0v) is 69.8. The van der Waals surface area contributed by atoms with Crippen molar-refractivity contribution in [3.05, 3.63) is 0 Å². The standard InChI is InChI=1S/C15H20O2.C14H18O2.C10H14O2.C9H12O2.C9H14O2.C8H10O2.C4H6O2.10C2H6/c16-14-15(3-4-17-14)7-10-6-11(15)13-9-2-1-8(5-9)12(10)13;15-14-13-9-4-8(10(13)5-16-14)11-6-1-2-7(3-6)12(9)11;11-10-8-2-6-1-7(3-8)5-9(4-6)12-10;10-9-8-6-2-1-5(3-6)7(8)4-11-9;1-8(2)6-4-5-9(8,3)7(10)11-6;9-8-6-2-4-1-5(6)7(3-4)10-8;5-4-2-1-3-6-4;10*1-2/h8-13H,1-7H2;6-13H,1-5H2;6-9H,1-5H2;5-8H,1-4H2;6H,4-5H2,1-3H3;4-7H,1-3H2;1-3H2;10*1-2H3. The van der Waals surface area contributed by atoms with E-state index < -0.39 is 0 Å². The Balaban J connectivity index is 0.000000184. The Bertz CT molecular complexity index is 2650. The highest BCUT2D eigenvalue weighted by atomic mass is 16.6. The molecule has 103 heavy (non-hydrogen) atoms. The molecular weight excluding hydrogens is 1290 g/mol. The van der Waals surface area contributed by atoms with E-state index in [0.717, 1.165) is 166 Å². The van der Waals surface area contributed by atoms with E-state index in [-0.39, 0.29) is 76.2 Å². The van der Waals surface area contributed by atoms with Gasteiger partial charge in [0.1, 0.15) is 18.3 Å². The lowest BCUT2D eigenvalue weighted by Crippen LogP contribution is -2.42. The first kappa shape index (κ1) is 88.2. The monoisotopic (exact) mass is 1450 g/mol. The van der Waals surface area contributed by atoms with Crippen molar-refractivity contribution < 1.29 is 66.7 Å². The van der Waals surface area contributed by atoms with Crippen LogP contribution in [-0.2, 0) is 66.7 Å². The summed E-state index contributed by atoms with van der Waals surface area (Å²) < 4.78 is 36.1. The summed E-state index contributed by atoms with van der Waals surface area (Å²) in [5.74, 6) is 18.7. The van der Waals surface area contributed by atoms with Gasteiger partial charge in [0.25, 0.3) is 0 Å². The van der Waals surface area contributed by atoms with Crippen molar-refractivity contribution >= 4 is 41.8 Å². The van der Waals surface area contributed by atoms with Crippen molar-refractivity contribution in [3.8, 4) is 0 Å². The first-order valence-electron chi connectivity index (χ1n) is 44.3. The van der Waals surface area contributed by atoms with Gasteiger partial charge in [-0.2, -0.15) is 0 Å². The number of ether oxygens (including phenoxy) is 7. The largest absolute Gasteiger partial charge is 0.466 e. The molecule has 23 rings (SSSR count). The molecule has 18 bridgehead atoms. The van der Waals surface area contributed by atoms with Crippen LogP contribution in [0.2, 0.25) is 0 Å². The average molecular weight is 1450 g/mol. The van der Waals surface area contributed by atoms with Crippen LogP contribution in [0.5, 0.6) is 0 Å². The molecule has 0 N–H and O–H groups in total. The molecule has 8 saturated heterocycles. The summed E-state index contributed by atoms with van der Waals surface area (Å²) in [5, 5.41) is 0. The van der Waals surface area contributed by atoms with Gasteiger partial charge in [0.2, 0.25) is 0 Å². The van der Waals surface area contributed by atoms with Crippen LogP contribution in [0.3, 0.4) is 0 Å². The minimum Gasteiger partial charge on any atom is -0.466 e. The molecule has 0 radical (unpaired) electrons. The molecule has 23 fully saturated rings. The molecule has 0 amide bonds. The Labute approximate surface area is 628 Å². The molecular formula is C89H154O14. The van der Waals surface area contributed by atoms with Crippen LogP contribution in [0.1, 0.15) is 320 Å². The van der Waals surface area contributed by atoms with E-state index in [1.54, 1.807) is 0 Å². The maximum atomic E-state index is 12.2. The van der Waals surface area contributed by atoms with E-state index in [2.05, 4.69) is 18.6 Å². The Morgan fingerprint density at radius 3 is 1.37 bits per heavy atom. The third kappa shape index (κ3) is 17.0. The second kappa shape index (κ2) is 40.1. The van der Waals surface area contributed by atoms with Gasteiger partial charge in [0.15, 0.2) is 0 Å². The fourth-order valence-corrected chi connectivity index (χ4v) is 25.7. The van der Waals surface area contributed by atoms with Gasteiger partial charge >= 0.3 is 41.8 Å². The summed E-state index contributed by atoms with van der Waals surface area (Å²) in [6, 6.07) is 0. The van der Waals surface area contributed by atoms with Crippen LogP contribution in [-0.4, -0.2) is 86.5 Å². The van der Waals surface area contributed by atoms with E-state index >= 15 is 0 Å². The number of esters is 7. The quantitative estimate of drug-likeness (QED) is 0.127. The fourth-order valence-electron chi connectivity index (χ4n) is 25.7. The summed E-state index contributed by atoms with van der Waals surface area (Å²) in [6.45, 7) is 49.1. The van der Waals surface area contributed by atoms with Gasteiger partial charge in [-0.05, 0) is 262 Å². The van der Waals surface area contributed by atoms with E-state index in [1.165, 1.54) is 89.9 Å². The minimum atomic E-state index is -0.197. The predicted octanol–water partition coefficient (Wildman–Crippen LogP) is 20.9. The molecule has 14 nitrogen and oxygen atoms in total. The van der Waals surface area contributed by atoms with Crippen molar-refractivity contribution in [2.24, 2.45) is 158 Å². The van der Waals surface area contributed by atoms with Gasteiger partial charge < -0.3 is 33.2 Å². The normalized spacial score (nSPS) is 44.1. The maximum absolute atomic E-state index is 12.2. The molecule has 27 atom stereocenters. The van der Waals surface area contributed by atoms with Crippen LogP contribution < -0.4 is 0 Å². The Morgan fingerprint density at radius 2 is 0.893 bits per heavy atom. The summed E-state index contributed by atoms with van der Waals surface area (Å²) in [5.41, 5.74) is -0.141. The molecule has 14 heteroatoms. The third-order valence-electron chi connectivity index (χ3n) is 29.3. The van der Waals surface area contributed by atoms with Crippen LogP contribution in [0.25, 0.3) is 0 Å². The number of hydrogen-bond acceptors (Lipinski definition) is 14. The second-order valence-corrected chi connectivity index (χ2v) is 32.7. The molecule has 8 heterocycles. The van der Waals surface area contributed by atoms with Crippen molar-refractivity contribution in [1.82, 2.24) is 0 Å². The van der Waals surface area contributed by atoms with Crippen molar-refractivity contribution in [1.29, 1.82) is 0 Å². The highest BCUT2D eigenvalue weighted by Gasteiger charge is 2.72. The second-order valence-electron chi connectivity index (χ2n) is 32.7. The first-order chi connectivity index (χ1) is 50.0. The number of hydrogen-bond donors (Lipinski definition) is 0. The summed E-state index contributed by atoms with van der Waals surface area (Å²) in [6.07, 6.45) is 31.6. The van der Waals surface area contributed by atoms with E-state index in [4.69, 9.17) is 28.4 Å². The van der Waals surface area contributed by atoms with Crippen molar-refractivity contribution in [3.63, 3.8) is 0 Å². The Hall–Kier alpha value is -3.71. The molecule has 27 unspecified atom stereocenters. The van der Waals surface area contributed by atoms with Gasteiger partial charge in [-0.1, -0.05) is 152 Å². The third-order valence-corrected chi connectivity index (χ3v) is 29.3. The summed E-state index contributed by atoms with van der Waals surface area (Å²) in [7, 11) is 0. The lowest BCUT2D eigenvalue weighted by Gasteiger charge is -2.42. The smallest absolute Gasteiger partial charge is 0.312 e. The van der Waals surface area contributed by atoms with Crippen LogP contribution in [0, 0.1) is 158 Å². The van der Waals surface area contributed by atoms with Crippen LogP contribution in [0.4, 0.5) is 0 Å². The Kier molecular flexibility index (Phi) is 34.3. The van der Waals surface area contributed by atoms with Crippen molar-refractivity contribution in [2.75, 3.05) is 26.4 Å². The number of carbonyl (C=O) groups excluding carboxylic acids is 7. The van der Waals surface area contributed by atoms with E-state index in [1.807, 2.05) is 145 Å². The fraction of sp³-hybridized carbons (Fsp3) is 0.921. The molecule has 0 aromatic carbocycles. The highest BCUT2D eigenvalue weighted by molar-refractivity contribution is 5.82.